The minimum Gasteiger partial charge on any atom is -0.368 e. The number of nitrogens with two attached hydrogens (primary N) is 1. The van der Waals surface area contributed by atoms with Crippen molar-refractivity contribution in [2.45, 2.75) is 39.3 Å². The first-order valence-electron chi connectivity index (χ1n) is 8.74. The molecule has 136 valence electrons. The molecule has 1 aliphatic heterocycles. The molecule has 0 aliphatic carbocycles. The number of benzene rings is 1. The molecule has 1 atom stereocenters. The quantitative estimate of drug-likeness (QED) is 0.911. The van der Waals surface area contributed by atoms with Crippen molar-refractivity contribution in [2.24, 2.45) is 5.73 Å². The summed E-state index contributed by atoms with van der Waals surface area (Å²) < 4.78 is 1.18. The van der Waals surface area contributed by atoms with E-state index in [1.165, 1.54) is 28.0 Å². The summed E-state index contributed by atoms with van der Waals surface area (Å²) in [5.74, 6) is -0.916. The predicted octanol–water partition coefficient (Wildman–Crippen LogP) is 1.93. The maximum Gasteiger partial charge on any atom is 0.263 e. The van der Waals surface area contributed by atoms with E-state index in [2.05, 4.69) is 32.0 Å². The Balaban J connectivity index is 1.93. The molecule has 1 aromatic carbocycles. The average molecular weight is 353 g/mol. The number of hydrogen-bond donors (Lipinski definition) is 1. The minimum atomic E-state index is -0.620. The van der Waals surface area contributed by atoms with Crippen molar-refractivity contribution in [3.63, 3.8) is 0 Å². The van der Waals surface area contributed by atoms with Crippen LogP contribution in [0.5, 0.6) is 0 Å². The van der Waals surface area contributed by atoms with Gasteiger partial charge < -0.3 is 15.2 Å². The molecule has 6 nitrogen and oxygen atoms in total. The van der Waals surface area contributed by atoms with E-state index in [1.54, 1.807) is 11.0 Å². The number of nitrogens with zero attached hydrogens (tertiary/aromatic N) is 2. The number of amides is 2. The van der Waals surface area contributed by atoms with Gasteiger partial charge in [0.15, 0.2) is 0 Å². The van der Waals surface area contributed by atoms with Crippen LogP contribution < -0.4 is 11.3 Å². The summed E-state index contributed by atoms with van der Waals surface area (Å²) in [5, 5.41) is 0. The van der Waals surface area contributed by atoms with Gasteiger partial charge in [-0.2, -0.15) is 0 Å². The van der Waals surface area contributed by atoms with Crippen molar-refractivity contribution >= 4 is 11.8 Å². The summed E-state index contributed by atoms with van der Waals surface area (Å²) in [7, 11) is 0. The topological polar surface area (TPSA) is 85.4 Å². The Labute approximate surface area is 152 Å². The molecule has 2 N–H and O–H groups in total. The summed E-state index contributed by atoms with van der Waals surface area (Å²) in [5.41, 5.74) is 8.25. The molecule has 0 saturated carbocycles. The lowest BCUT2D eigenvalue weighted by Crippen LogP contribution is -2.37. The second-order valence-corrected chi connectivity index (χ2v) is 6.82. The number of likely N-dealkylation sites (tertiary alicyclic amines) is 1. The van der Waals surface area contributed by atoms with Crippen molar-refractivity contribution in [2.75, 3.05) is 6.54 Å². The smallest absolute Gasteiger partial charge is 0.263 e. The Hall–Kier alpha value is -2.89. The Morgan fingerprint density at radius 2 is 1.96 bits per heavy atom. The zero-order valence-corrected chi connectivity index (χ0v) is 15.1. The second-order valence-electron chi connectivity index (χ2n) is 6.82. The second kappa shape index (κ2) is 7.15. The van der Waals surface area contributed by atoms with Gasteiger partial charge in [0.05, 0.1) is 6.04 Å². The average Bonchev–Trinajstić information content (AvgIpc) is 3.08. The molecule has 0 unspecified atom stereocenters. The molecule has 2 amide bonds. The number of aromatic nitrogens is 1. The number of aryl methyl sites for hydroxylation is 2. The van der Waals surface area contributed by atoms with Crippen LogP contribution in [0.1, 0.15) is 45.9 Å². The van der Waals surface area contributed by atoms with Crippen molar-refractivity contribution in [1.82, 2.24) is 9.47 Å². The zero-order chi connectivity index (χ0) is 18.8. The molecular formula is C20H23N3O3. The highest BCUT2D eigenvalue weighted by Crippen LogP contribution is 2.33. The molecule has 0 radical (unpaired) electrons. The van der Waals surface area contributed by atoms with E-state index in [0.29, 0.717) is 6.54 Å². The van der Waals surface area contributed by atoms with Crippen LogP contribution in [0.15, 0.2) is 41.3 Å². The molecule has 6 heteroatoms. The van der Waals surface area contributed by atoms with E-state index in [4.69, 9.17) is 5.73 Å². The minimum absolute atomic E-state index is 0.0361. The number of primary amides is 1. The number of pyridine rings is 1. The number of rotatable bonds is 4. The van der Waals surface area contributed by atoms with Gasteiger partial charge in [0.25, 0.3) is 11.5 Å². The van der Waals surface area contributed by atoms with E-state index >= 15 is 0 Å². The molecule has 1 saturated heterocycles. The van der Waals surface area contributed by atoms with Crippen LogP contribution in [0, 0.1) is 13.8 Å². The van der Waals surface area contributed by atoms with Crippen molar-refractivity contribution in [1.29, 1.82) is 0 Å². The maximum atomic E-state index is 13.0. The van der Waals surface area contributed by atoms with E-state index in [-0.39, 0.29) is 24.1 Å². The highest BCUT2D eigenvalue weighted by molar-refractivity contribution is 5.94. The molecule has 1 aromatic heterocycles. The Morgan fingerprint density at radius 3 is 2.65 bits per heavy atom. The summed E-state index contributed by atoms with van der Waals surface area (Å²) in [6.07, 6.45) is 3.23. The Morgan fingerprint density at radius 1 is 1.19 bits per heavy atom. The molecule has 1 aliphatic rings. The van der Waals surface area contributed by atoms with Gasteiger partial charge in [-0.15, -0.1) is 0 Å². The van der Waals surface area contributed by atoms with Crippen LogP contribution in [0.3, 0.4) is 0 Å². The maximum absolute atomic E-state index is 13.0. The van der Waals surface area contributed by atoms with Gasteiger partial charge in [-0.05, 0) is 55.5 Å². The van der Waals surface area contributed by atoms with Crippen LogP contribution in [-0.4, -0.2) is 27.8 Å². The third-order valence-corrected chi connectivity index (χ3v) is 5.01. The first-order chi connectivity index (χ1) is 12.4. The number of carbonyl (C=O) groups is 2. The Kier molecular flexibility index (Phi) is 4.93. The zero-order valence-electron chi connectivity index (χ0n) is 15.1. The summed E-state index contributed by atoms with van der Waals surface area (Å²) in [4.78, 5) is 38.5. The number of carbonyl (C=O) groups excluding carboxylic acids is 2. The first-order valence-corrected chi connectivity index (χ1v) is 8.74. The van der Waals surface area contributed by atoms with Gasteiger partial charge in [0.1, 0.15) is 12.1 Å². The van der Waals surface area contributed by atoms with Gasteiger partial charge in [-0.1, -0.05) is 18.2 Å². The normalized spacial score (nSPS) is 16.7. The lowest BCUT2D eigenvalue weighted by atomic mass is 9.99. The molecule has 0 bridgehead atoms. The van der Waals surface area contributed by atoms with Gasteiger partial charge in [-0.25, -0.2) is 0 Å². The first kappa shape index (κ1) is 17.9. The fourth-order valence-electron chi connectivity index (χ4n) is 3.47. The lowest BCUT2D eigenvalue weighted by molar-refractivity contribution is -0.118. The predicted molar refractivity (Wildman–Crippen MR) is 98.8 cm³/mol. The highest BCUT2D eigenvalue weighted by Gasteiger charge is 2.32. The van der Waals surface area contributed by atoms with Gasteiger partial charge in [-0.3, -0.25) is 14.4 Å². The van der Waals surface area contributed by atoms with E-state index < -0.39 is 11.5 Å². The van der Waals surface area contributed by atoms with Crippen LogP contribution in [0.4, 0.5) is 0 Å². The van der Waals surface area contributed by atoms with Crippen LogP contribution in [0.2, 0.25) is 0 Å². The van der Waals surface area contributed by atoms with Crippen LogP contribution in [-0.2, 0) is 11.3 Å². The van der Waals surface area contributed by atoms with E-state index in [1.807, 2.05) is 0 Å². The summed E-state index contributed by atoms with van der Waals surface area (Å²) in [6, 6.07) is 9.30. The SMILES string of the molecule is Cc1ccc([C@H]2CCCN2C(=O)c2cccn(CC(N)=O)c2=O)cc1C. The van der Waals surface area contributed by atoms with Crippen molar-refractivity contribution < 1.29 is 9.59 Å². The number of hydrogen-bond acceptors (Lipinski definition) is 3. The van der Waals surface area contributed by atoms with Gasteiger partial charge in [0.2, 0.25) is 5.91 Å². The molecule has 3 rings (SSSR count). The molecule has 26 heavy (non-hydrogen) atoms. The summed E-state index contributed by atoms with van der Waals surface area (Å²) >= 11 is 0. The van der Waals surface area contributed by atoms with Crippen molar-refractivity contribution in [3.05, 3.63) is 69.1 Å². The van der Waals surface area contributed by atoms with Crippen LogP contribution in [0.25, 0.3) is 0 Å². The molecule has 2 aromatic rings. The standard InChI is InChI=1S/C20H23N3O3/c1-13-7-8-15(11-14(13)2)17-6-4-10-23(17)20(26)16-5-3-9-22(19(16)25)12-18(21)24/h3,5,7-9,11,17H,4,6,10,12H2,1-2H3,(H2,21,24)/t17-/m1/s1. The van der Waals surface area contributed by atoms with Gasteiger partial charge >= 0.3 is 0 Å². The fraction of sp³-hybridized carbons (Fsp3) is 0.350. The van der Waals surface area contributed by atoms with E-state index in [0.717, 1.165) is 18.4 Å². The molecular weight excluding hydrogens is 330 g/mol. The third-order valence-electron chi connectivity index (χ3n) is 5.01. The van der Waals surface area contributed by atoms with Crippen LogP contribution >= 0.6 is 0 Å². The monoisotopic (exact) mass is 353 g/mol. The summed E-state index contributed by atoms with van der Waals surface area (Å²) in [6.45, 7) is 4.49. The molecule has 1 fully saturated rings. The Bertz CT molecular complexity index is 917. The van der Waals surface area contributed by atoms with E-state index in [9.17, 15) is 14.4 Å². The largest absolute Gasteiger partial charge is 0.368 e. The highest BCUT2D eigenvalue weighted by atomic mass is 16.2. The molecule has 2 heterocycles. The third kappa shape index (κ3) is 3.40. The fourth-order valence-corrected chi connectivity index (χ4v) is 3.47. The molecule has 0 spiro atoms. The van der Waals surface area contributed by atoms with Gasteiger partial charge in [0, 0.05) is 12.7 Å². The van der Waals surface area contributed by atoms with Crippen molar-refractivity contribution in [3.8, 4) is 0 Å². The lowest BCUT2D eigenvalue weighted by Gasteiger charge is -2.25.